The topological polar surface area (TPSA) is 95.5 Å². The maximum absolute atomic E-state index is 12.6. The Morgan fingerprint density at radius 2 is 1.93 bits per heavy atom. The Labute approximate surface area is 169 Å². The van der Waals surface area contributed by atoms with E-state index in [4.69, 9.17) is 0 Å². The van der Waals surface area contributed by atoms with E-state index in [0.29, 0.717) is 24.7 Å². The van der Waals surface area contributed by atoms with Gasteiger partial charge in [0.2, 0.25) is 0 Å². The van der Waals surface area contributed by atoms with E-state index in [1.807, 2.05) is 6.92 Å². The second-order valence-electron chi connectivity index (χ2n) is 8.51. The highest BCUT2D eigenvalue weighted by Gasteiger charge is 2.50. The third-order valence-electron chi connectivity index (χ3n) is 5.86. The quantitative estimate of drug-likeness (QED) is 0.581. The maximum Gasteiger partial charge on any atom is 0.329 e. The number of allylic oxidation sites excluding steroid dienone is 5. The number of fused-ring (bicyclic) bond motifs is 2. The number of hydrogen-bond acceptors (Lipinski definition) is 4. The van der Waals surface area contributed by atoms with E-state index in [-0.39, 0.29) is 4.91 Å². The molecule has 2 aliphatic rings. The van der Waals surface area contributed by atoms with Gasteiger partial charge >= 0.3 is 6.03 Å². The van der Waals surface area contributed by atoms with E-state index in [0.717, 1.165) is 25.7 Å². The molecule has 2 amide bonds. The van der Waals surface area contributed by atoms with Crippen molar-refractivity contribution in [3.63, 3.8) is 0 Å². The largest absolute Gasteiger partial charge is 0.390 e. The van der Waals surface area contributed by atoms with Crippen LogP contribution in [0.2, 0.25) is 0 Å². The highest BCUT2D eigenvalue weighted by atomic mass is 32.2. The number of carbonyl (C=O) groups excluding carboxylic acids is 1. The van der Waals surface area contributed by atoms with Crippen LogP contribution in [-0.4, -0.2) is 30.7 Å². The van der Waals surface area contributed by atoms with E-state index < -0.39 is 27.2 Å². The fourth-order valence-corrected chi connectivity index (χ4v) is 6.04. The minimum Gasteiger partial charge on any atom is -0.390 e. The molecule has 2 bridgehead atoms. The number of rotatable bonds is 6. The zero-order valence-corrected chi connectivity index (χ0v) is 18.2. The molecule has 0 radical (unpaired) electrons. The first-order valence-corrected chi connectivity index (χ1v) is 11.6. The van der Waals surface area contributed by atoms with Crippen LogP contribution in [0.15, 0.2) is 35.3 Å². The van der Waals surface area contributed by atoms with Crippen LogP contribution in [0.1, 0.15) is 66.2 Å². The zero-order chi connectivity index (χ0) is 21.0. The van der Waals surface area contributed by atoms with E-state index in [9.17, 15) is 18.3 Å². The molecule has 2 fully saturated rings. The van der Waals surface area contributed by atoms with Crippen molar-refractivity contribution in [3.8, 4) is 0 Å². The van der Waals surface area contributed by atoms with Gasteiger partial charge in [-0.05, 0) is 76.4 Å². The second kappa shape index (κ2) is 8.82. The molecule has 0 saturated heterocycles. The predicted octanol–water partition coefficient (Wildman–Crippen LogP) is 3.76. The number of amides is 2. The molecule has 2 saturated carbocycles. The van der Waals surface area contributed by atoms with Crippen LogP contribution in [0, 0.1) is 11.8 Å². The monoisotopic (exact) mass is 410 g/mol. The van der Waals surface area contributed by atoms with Gasteiger partial charge in [0.1, 0.15) is 0 Å². The summed E-state index contributed by atoms with van der Waals surface area (Å²) in [6, 6.07) is -0.741. The van der Waals surface area contributed by atoms with Gasteiger partial charge in [-0.25, -0.2) is 17.9 Å². The molecule has 0 aromatic rings. The number of aliphatic hydroxyl groups is 1. The summed E-state index contributed by atoms with van der Waals surface area (Å²) in [6.45, 7) is 7.63. The average molecular weight is 411 g/mol. The van der Waals surface area contributed by atoms with E-state index >= 15 is 0 Å². The first kappa shape index (κ1) is 22.7. The van der Waals surface area contributed by atoms with Crippen molar-refractivity contribution in [3.05, 3.63) is 35.3 Å². The summed E-state index contributed by atoms with van der Waals surface area (Å²) in [5.74, 6) is 0.806. The Morgan fingerprint density at radius 3 is 2.50 bits per heavy atom. The van der Waals surface area contributed by atoms with Gasteiger partial charge in [0.05, 0.1) is 10.5 Å². The third-order valence-corrected chi connectivity index (χ3v) is 7.20. The number of carbonyl (C=O) groups is 1. The Kier molecular flexibility index (Phi) is 7.15. The van der Waals surface area contributed by atoms with Gasteiger partial charge in [0, 0.05) is 5.54 Å². The second-order valence-corrected chi connectivity index (χ2v) is 10.2. The van der Waals surface area contributed by atoms with E-state index in [1.165, 1.54) is 12.2 Å². The number of sulfonamides is 1. The Hall–Kier alpha value is -1.60. The smallest absolute Gasteiger partial charge is 0.329 e. The standard InChI is InChI=1S/C21H34N2O4S/c1-5-8-10-18(9-6-2)28(26,27)23-19(24)22-20(7-3)13-17-11-16(4)12-21(25,14-17)15-20/h5-6,8-10,16-17,25H,7,11-15H2,1-4H3,(H2,22,23,24)/b8-5-,9-6-,18-10+. The summed E-state index contributed by atoms with van der Waals surface area (Å²) < 4.78 is 27.3. The summed E-state index contributed by atoms with van der Waals surface area (Å²) in [4.78, 5) is 12.6. The molecule has 0 aliphatic heterocycles. The van der Waals surface area contributed by atoms with Gasteiger partial charge in [-0.15, -0.1) is 0 Å². The molecule has 4 unspecified atom stereocenters. The van der Waals surface area contributed by atoms with Gasteiger partial charge in [-0.2, -0.15) is 0 Å². The maximum atomic E-state index is 12.6. The van der Waals surface area contributed by atoms with Gasteiger partial charge in [-0.1, -0.05) is 32.1 Å². The summed E-state index contributed by atoms with van der Waals surface area (Å²) >= 11 is 0. The van der Waals surface area contributed by atoms with E-state index in [2.05, 4.69) is 17.0 Å². The van der Waals surface area contributed by atoms with Crippen molar-refractivity contribution in [2.75, 3.05) is 0 Å². The number of nitrogens with one attached hydrogen (secondary N) is 2. The third kappa shape index (κ3) is 5.47. The highest BCUT2D eigenvalue weighted by molar-refractivity contribution is 7.94. The lowest BCUT2D eigenvalue weighted by Crippen LogP contribution is -2.61. The van der Waals surface area contributed by atoms with Crippen molar-refractivity contribution in [1.82, 2.24) is 10.0 Å². The van der Waals surface area contributed by atoms with Crippen LogP contribution < -0.4 is 10.0 Å². The van der Waals surface area contributed by atoms with Gasteiger partial charge in [0.25, 0.3) is 10.0 Å². The SMILES string of the molecule is C\C=C/C=C(\C=C/C)S(=O)(=O)NC(=O)NC1(CC)CC2CC(C)CC(O)(C2)C1. The minimum absolute atomic E-state index is 0.0155. The molecule has 0 aromatic heterocycles. The van der Waals surface area contributed by atoms with Crippen molar-refractivity contribution in [2.45, 2.75) is 77.4 Å². The lowest BCUT2D eigenvalue weighted by atomic mass is 9.59. The Bertz CT molecular complexity index is 767. The van der Waals surface area contributed by atoms with Crippen molar-refractivity contribution >= 4 is 16.1 Å². The molecule has 158 valence electrons. The predicted molar refractivity (Wildman–Crippen MR) is 112 cm³/mol. The first-order chi connectivity index (χ1) is 13.1. The Morgan fingerprint density at radius 1 is 1.21 bits per heavy atom. The lowest BCUT2D eigenvalue weighted by molar-refractivity contribution is -0.0948. The lowest BCUT2D eigenvalue weighted by Gasteiger charge is -2.53. The summed E-state index contributed by atoms with van der Waals surface area (Å²) in [5, 5.41) is 13.9. The van der Waals surface area contributed by atoms with Gasteiger partial charge < -0.3 is 10.4 Å². The fourth-order valence-electron chi connectivity index (χ4n) is 5.05. The van der Waals surface area contributed by atoms with Crippen LogP contribution in [0.5, 0.6) is 0 Å². The van der Waals surface area contributed by atoms with Gasteiger partial charge in [0.15, 0.2) is 0 Å². The van der Waals surface area contributed by atoms with Crippen LogP contribution in [-0.2, 0) is 10.0 Å². The molecule has 28 heavy (non-hydrogen) atoms. The van der Waals surface area contributed by atoms with Crippen molar-refractivity contribution in [1.29, 1.82) is 0 Å². The molecule has 0 spiro atoms. The molecule has 0 aromatic carbocycles. The number of hydrogen-bond donors (Lipinski definition) is 3. The fraction of sp³-hybridized carbons (Fsp3) is 0.667. The van der Waals surface area contributed by atoms with Crippen LogP contribution in [0.25, 0.3) is 0 Å². The summed E-state index contributed by atoms with van der Waals surface area (Å²) in [7, 11) is -3.99. The molecule has 2 rings (SSSR count). The molecule has 7 heteroatoms. The molecule has 4 atom stereocenters. The molecule has 0 heterocycles. The molecular formula is C21H34N2O4S. The van der Waals surface area contributed by atoms with Crippen LogP contribution in [0.4, 0.5) is 4.79 Å². The highest BCUT2D eigenvalue weighted by Crippen LogP contribution is 2.49. The van der Waals surface area contributed by atoms with Crippen molar-refractivity contribution < 1.29 is 18.3 Å². The molecule has 6 nitrogen and oxygen atoms in total. The first-order valence-electron chi connectivity index (χ1n) is 10.1. The molecule has 3 N–H and O–H groups in total. The molecular weight excluding hydrogens is 376 g/mol. The summed E-state index contributed by atoms with van der Waals surface area (Å²) in [6.07, 6.45) is 12.2. The van der Waals surface area contributed by atoms with Gasteiger partial charge in [-0.3, -0.25) is 0 Å². The molecule has 2 aliphatic carbocycles. The van der Waals surface area contributed by atoms with E-state index in [1.54, 1.807) is 32.1 Å². The number of urea groups is 1. The average Bonchev–Trinajstić information content (AvgIpc) is 2.55. The Balaban J connectivity index is 2.16. The zero-order valence-electron chi connectivity index (χ0n) is 17.4. The minimum atomic E-state index is -3.99. The van der Waals surface area contributed by atoms with Crippen LogP contribution in [0.3, 0.4) is 0 Å². The van der Waals surface area contributed by atoms with Crippen LogP contribution >= 0.6 is 0 Å². The van der Waals surface area contributed by atoms with Crippen molar-refractivity contribution in [2.24, 2.45) is 11.8 Å². The summed E-state index contributed by atoms with van der Waals surface area (Å²) in [5.41, 5.74) is -1.38. The normalized spacial score (nSPS) is 34.0.